The molecular formula is C23H28N2O3S. The maximum atomic E-state index is 13.0. The average Bonchev–Trinajstić information content (AvgIpc) is 3.23. The molecule has 1 aromatic carbocycles. The molecule has 5 nitrogen and oxygen atoms in total. The molecule has 0 radical (unpaired) electrons. The second kappa shape index (κ2) is 8.93. The maximum Gasteiger partial charge on any atom is 0.295 e. The molecule has 2 heterocycles. The molecule has 1 unspecified atom stereocenters. The number of thiophene rings is 1. The van der Waals surface area contributed by atoms with Crippen LogP contribution < -0.4 is 0 Å². The van der Waals surface area contributed by atoms with E-state index < -0.39 is 17.7 Å². The number of aryl methyl sites for hydroxylation is 2. The molecule has 1 atom stereocenters. The van der Waals surface area contributed by atoms with E-state index >= 15 is 0 Å². The summed E-state index contributed by atoms with van der Waals surface area (Å²) in [6.45, 7) is 5.32. The van der Waals surface area contributed by atoms with Crippen molar-refractivity contribution in [2.45, 2.75) is 32.7 Å². The average molecular weight is 413 g/mol. The van der Waals surface area contributed by atoms with Crippen molar-refractivity contribution in [3.8, 4) is 0 Å². The molecule has 0 aliphatic carbocycles. The Kier molecular flexibility index (Phi) is 6.55. The topological polar surface area (TPSA) is 60.9 Å². The molecule has 1 saturated heterocycles. The number of ketones is 1. The van der Waals surface area contributed by atoms with E-state index in [1.165, 1.54) is 11.3 Å². The van der Waals surface area contributed by atoms with Gasteiger partial charge in [0.15, 0.2) is 0 Å². The first kappa shape index (κ1) is 21.3. The third-order valence-corrected chi connectivity index (χ3v) is 6.40. The summed E-state index contributed by atoms with van der Waals surface area (Å²) in [5.74, 6) is -1.24. The largest absolute Gasteiger partial charge is 0.507 e. The molecule has 0 spiro atoms. The fourth-order valence-corrected chi connectivity index (χ4v) is 4.71. The Labute approximate surface area is 176 Å². The lowest BCUT2D eigenvalue weighted by Gasteiger charge is -2.25. The summed E-state index contributed by atoms with van der Waals surface area (Å²) in [7, 11) is 3.96. The highest BCUT2D eigenvalue weighted by Crippen LogP contribution is 2.42. The van der Waals surface area contributed by atoms with Crippen molar-refractivity contribution < 1.29 is 14.7 Å². The van der Waals surface area contributed by atoms with Crippen molar-refractivity contribution in [3.05, 3.63) is 62.9 Å². The van der Waals surface area contributed by atoms with Gasteiger partial charge in [0.2, 0.25) is 0 Å². The van der Waals surface area contributed by atoms with E-state index in [9.17, 15) is 14.7 Å². The number of hydrogen-bond acceptors (Lipinski definition) is 5. The van der Waals surface area contributed by atoms with Crippen molar-refractivity contribution in [2.75, 3.05) is 27.2 Å². The highest BCUT2D eigenvalue weighted by Gasteiger charge is 2.46. The van der Waals surface area contributed by atoms with Crippen molar-refractivity contribution in [2.24, 2.45) is 0 Å². The van der Waals surface area contributed by atoms with Crippen LogP contribution >= 0.6 is 11.3 Å². The Bertz CT molecular complexity index is 928. The number of nitrogens with zero attached hydrogens (tertiary/aromatic N) is 2. The molecule has 1 fully saturated rings. The monoisotopic (exact) mass is 412 g/mol. The first-order chi connectivity index (χ1) is 13.8. The molecule has 1 aliphatic heterocycles. The number of benzene rings is 1. The molecule has 1 amide bonds. The molecule has 2 aromatic rings. The number of aliphatic hydroxyl groups is 1. The van der Waals surface area contributed by atoms with Crippen LogP contribution in [0.4, 0.5) is 0 Å². The molecule has 1 aliphatic rings. The molecule has 29 heavy (non-hydrogen) atoms. The number of rotatable bonds is 7. The highest BCUT2D eigenvalue weighted by atomic mass is 32.1. The summed E-state index contributed by atoms with van der Waals surface area (Å²) in [5.41, 5.74) is 2.92. The van der Waals surface area contributed by atoms with Gasteiger partial charge in [0, 0.05) is 17.0 Å². The van der Waals surface area contributed by atoms with Crippen molar-refractivity contribution >= 4 is 28.8 Å². The number of Topliss-reactive ketones (excluding diaryl/α,β-unsaturated/α-hetero) is 1. The number of likely N-dealkylation sites (tertiary alicyclic amines) is 1. The third kappa shape index (κ3) is 4.28. The summed E-state index contributed by atoms with van der Waals surface area (Å²) in [5, 5.41) is 13.0. The molecule has 6 heteroatoms. The number of amides is 1. The zero-order valence-corrected chi connectivity index (χ0v) is 18.3. The lowest BCUT2D eigenvalue weighted by molar-refractivity contribution is -0.139. The van der Waals surface area contributed by atoms with Gasteiger partial charge < -0.3 is 14.9 Å². The van der Waals surface area contributed by atoms with E-state index in [1.54, 1.807) is 4.90 Å². The normalized spacial score (nSPS) is 18.8. The molecular weight excluding hydrogens is 384 g/mol. The predicted octanol–water partition coefficient (Wildman–Crippen LogP) is 3.99. The van der Waals surface area contributed by atoms with E-state index in [0.717, 1.165) is 35.4 Å². The first-order valence-electron chi connectivity index (χ1n) is 9.91. The lowest BCUT2D eigenvalue weighted by atomic mass is 9.97. The fourth-order valence-electron chi connectivity index (χ4n) is 3.66. The van der Waals surface area contributed by atoms with Gasteiger partial charge >= 0.3 is 0 Å². The minimum atomic E-state index is -0.607. The number of carbonyl (C=O) groups excluding carboxylic acids is 2. The van der Waals surface area contributed by atoms with Crippen LogP contribution in [0.1, 0.15) is 41.0 Å². The van der Waals surface area contributed by atoms with E-state index in [2.05, 4.69) is 11.8 Å². The Balaban J connectivity index is 2.06. The second-order valence-electron chi connectivity index (χ2n) is 7.67. The van der Waals surface area contributed by atoms with Gasteiger partial charge in [0.1, 0.15) is 5.76 Å². The Morgan fingerprint density at radius 1 is 1.17 bits per heavy atom. The van der Waals surface area contributed by atoms with Crippen molar-refractivity contribution in [3.63, 3.8) is 0 Å². The number of hydrogen-bond donors (Lipinski definition) is 1. The van der Waals surface area contributed by atoms with Crippen LogP contribution in [0.25, 0.3) is 5.76 Å². The number of carbonyl (C=O) groups is 2. The van der Waals surface area contributed by atoms with Crippen molar-refractivity contribution in [1.82, 2.24) is 9.80 Å². The van der Waals surface area contributed by atoms with Crippen LogP contribution in [0.15, 0.2) is 41.3 Å². The van der Waals surface area contributed by atoms with Gasteiger partial charge in [-0.3, -0.25) is 9.59 Å². The summed E-state index contributed by atoms with van der Waals surface area (Å²) in [4.78, 5) is 30.4. The van der Waals surface area contributed by atoms with Gasteiger partial charge in [-0.25, -0.2) is 0 Å². The molecule has 0 saturated carbocycles. The SMILES string of the molecule is CCc1ccc(/C(O)=C2/C(=O)C(=O)N(CCCN(C)C)C2c2sccc2C)cc1. The molecule has 0 bridgehead atoms. The Morgan fingerprint density at radius 2 is 1.86 bits per heavy atom. The maximum absolute atomic E-state index is 13.0. The van der Waals surface area contributed by atoms with Crippen LogP contribution in [0.3, 0.4) is 0 Å². The van der Waals surface area contributed by atoms with Gasteiger partial charge in [-0.2, -0.15) is 0 Å². The van der Waals surface area contributed by atoms with Gasteiger partial charge in [0.05, 0.1) is 11.6 Å². The quantitative estimate of drug-likeness (QED) is 0.424. The van der Waals surface area contributed by atoms with Crippen molar-refractivity contribution in [1.29, 1.82) is 0 Å². The van der Waals surface area contributed by atoms with E-state index in [0.29, 0.717) is 12.1 Å². The predicted molar refractivity (Wildman–Crippen MR) is 117 cm³/mol. The van der Waals surface area contributed by atoms with Crippen LogP contribution in [0.5, 0.6) is 0 Å². The second-order valence-corrected chi connectivity index (χ2v) is 8.62. The number of aliphatic hydroxyl groups excluding tert-OH is 1. The van der Waals surface area contributed by atoms with E-state index in [-0.39, 0.29) is 11.3 Å². The van der Waals surface area contributed by atoms with E-state index in [4.69, 9.17) is 0 Å². The third-order valence-electron chi connectivity index (χ3n) is 5.33. The highest BCUT2D eigenvalue weighted by molar-refractivity contribution is 7.10. The van der Waals surface area contributed by atoms with Gasteiger partial charge in [-0.1, -0.05) is 31.2 Å². The molecule has 1 N–H and O–H groups in total. The van der Waals surface area contributed by atoms with Gasteiger partial charge in [0.25, 0.3) is 11.7 Å². The summed E-state index contributed by atoms with van der Waals surface area (Å²) < 4.78 is 0. The van der Waals surface area contributed by atoms with Gasteiger partial charge in [-0.15, -0.1) is 11.3 Å². The smallest absolute Gasteiger partial charge is 0.295 e. The summed E-state index contributed by atoms with van der Waals surface area (Å²) in [6, 6.07) is 8.94. The van der Waals surface area contributed by atoms with Crippen LogP contribution in [-0.4, -0.2) is 53.8 Å². The zero-order chi connectivity index (χ0) is 21.1. The first-order valence-corrected chi connectivity index (χ1v) is 10.8. The van der Waals surface area contributed by atoms with E-state index in [1.807, 2.05) is 56.7 Å². The van der Waals surface area contributed by atoms with Crippen LogP contribution in [0.2, 0.25) is 0 Å². The summed E-state index contributed by atoms with van der Waals surface area (Å²) in [6.07, 6.45) is 1.65. The Hall–Kier alpha value is -2.44. The molecule has 1 aromatic heterocycles. The zero-order valence-electron chi connectivity index (χ0n) is 17.4. The Morgan fingerprint density at radius 3 is 2.41 bits per heavy atom. The minimum Gasteiger partial charge on any atom is -0.507 e. The lowest BCUT2D eigenvalue weighted by Crippen LogP contribution is -2.32. The van der Waals surface area contributed by atoms with Gasteiger partial charge in [-0.05, 0) is 63.0 Å². The molecule has 154 valence electrons. The minimum absolute atomic E-state index is 0.0982. The standard InChI is InChI=1S/C23H28N2O3S/c1-5-16-7-9-17(10-8-16)20(26)18-19(22-15(2)11-14-29-22)25(23(28)21(18)27)13-6-12-24(3)4/h7-11,14,19,26H,5-6,12-13H2,1-4H3/b20-18-. The fraction of sp³-hybridized carbons (Fsp3) is 0.391. The summed E-state index contributed by atoms with van der Waals surface area (Å²) >= 11 is 1.52. The molecule has 3 rings (SSSR count). The van der Waals surface area contributed by atoms with Crippen LogP contribution in [0, 0.1) is 6.92 Å². The van der Waals surface area contributed by atoms with Crippen LogP contribution in [-0.2, 0) is 16.0 Å².